The lowest BCUT2D eigenvalue weighted by Crippen LogP contribution is -1.82. The van der Waals surface area contributed by atoms with Gasteiger partial charge in [0.05, 0.1) is 66.1 Å². The highest BCUT2D eigenvalue weighted by Gasteiger charge is 1.95. The first-order chi connectivity index (χ1) is 9.77. The molecule has 20 heavy (non-hydrogen) atoms. The Hall–Kier alpha value is -0.990. The summed E-state index contributed by atoms with van der Waals surface area (Å²) in [6.45, 7) is 13.0. The summed E-state index contributed by atoms with van der Waals surface area (Å²) >= 11 is 0. The molecule has 0 aromatic carbocycles. The quantitative estimate of drug-likeness (QED) is 0.549. The van der Waals surface area contributed by atoms with Gasteiger partial charge in [0.1, 0.15) is 0 Å². The molecule has 1 N–H and O–H groups in total. The van der Waals surface area contributed by atoms with Crippen LogP contribution in [0.25, 0.3) is 0 Å². The summed E-state index contributed by atoms with van der Waals surface area (Å²) in [5.41, 5.74) is 0. The SMILES string of the molecule is C1CO1.C1CO1.C1CO1.C1CO1.C1CO1.C=CC(=O)O. The minimum Gasteiger partial charge on any atom is -0.478 e. The number of ether oxygens (including phenoxy) is 5. The number of hydrogen-bond acceptors (Lipinski definition) is 6. The van der Waals surface area contributed by atoms with Crippen LogP contribution in [0.5, 0.6) is 0 Å². The predicted molar refractivity (Wildman–Crippen MR) is 71.9 cm³/mol. The lowest BCUT2D eigenvalue weighted by molar-refractivity contribution is -0.131. The van der Waals surface area contributed by atoms with E-state index in [1.165, 1.54) is 0 Å². The van der Waals surface area contributed by atoms with Crippen molar-refractivity contribution in [3.63, 3.8) is 0 Å². The van der Waals surface area contributed by atoms with Gasteiger partial charge in [-0.25, -0.2) is 4.79 Å². The van der Waals surface area contributed by atoms with Crippen LogP contribution in [0.2, 0.25) is 0 Å². The van der Waals surface area contributed by atoms with E-state index >= 15 is 0 Å². The van der Waals surface area contributed by atoms with Crippen LogP contribution in [0.1, 0.15) is 0 Å². The summed E-state index contributed by atoms with van der Waals surface area (Å²) in [6, 6.07) is 0. The zero-order valence-electron chi connectivity index (χ0n) is 11.8. The molecule has 0 unspecified atom stereocenters. The molecular weight excluding hydrogens is 268 g/mol. The van der Waals surface area contributed by atoms with E-state index < -0.39 is 5.97 Å². The molecule has 0 spiro atoms. The summed E-state index contributed by atoms with van der Waals surface area (Å²) < 4.78 is 22.5. The number of hydrogen-bond donors (Lipinski definition) is 1. The Morgan fingerprint density at radius 2 is 0.800 bits per heavy atom. The lowest BCUT2D eigenvalue weighted by atomic mass is 10.7. The van der Waals surface area contributed by atoms with Gasteiger partial charge >= 0.3 is 5.97 Å². The van der Waals surface area contributed by atoms with Crippen LogP contribution in [-0.2, 0) is 28.5 Å². The van der Waals surface area contributed by atoms with Crippen LogP contribution < -0.4 is 0 Å². The summed E-state index contributed by atoms with van der Waals surface area (Å²) in [6.07, 6.45) is 0.833. The average Bonchev–Trinajstić information content (AvgIpc) is 3.34. The van der Waals surface area contributed by atoms with Crippen molar-refractivity contribution in [3.05, 3.63) is 12.7 Å². The molecule has 5 aliphatic heterocycles. The Labute approximate surface area is 119 Å². The second-order valence-corrected chi connectivity index (χ2v) is 3.60. The van der Waals surface area contributed by atoms with Crippen molar-refractivity contribution >= 4 is 5.97 Å². The fraction of sp³-hybridized carbons (Fsp3) is 0.769. The summed E-state index contributed by atoms with van der Waals surface area (Å²) in [4.78, 5) is 9.25. The first kappa shape index (κ1) is 19.0. The van der Waals surface area contributed by atoms with Crippen LogP contribution >= 0.6 is 0 Å². The molecule has 5 rings (SSSR count). The van der Waals surface area contributed by atoms with Gasteiger partial charge in [-0.2, -0.15) is 0 Å². The largest absolute Gasteiger partial charge is 0.478 e. The number of carboxylic acid groups (broad SMARTS) is 1. The van der Waals surface area contributed by atoms with Gasteiger partial charge in [-0.1, -0.05) is 6.58 Å². The van der Waals surface area contributed by atoms with Gasteiger partial charge in [0.15, 0.2) is 0 Å². The van der Waals surface area contributed by atoms with Gasteiger partial charge in [0.25, 0.3) is 0 Å². The fourth-order valence-electron chi connectivity index (χ4n) is 0. The third-order valence-corrected chi connectivity index (χ3v) is 1.20. The highest BCUT2D eigenvalue weighted by atomic mass is 16.6. The molecule has 5 heterocycles. The molecule has 0 aliphatic carbocycles. The van der Waals surface area contributed by atoms with Crippen LogP contribution in [0.15, 0.2) is 12.7 Å². The van der Waals surface area contributed by atoms with E-state index in [1.54, 1.807) is 0 Å². The molecule has 0 radical (unpaired) electrons. The van der Waals surface area contributed by atoms with Crippen LogP contribution in [-0.4, -0.2) is 77.1 Å². The Balaban J connectivity index is 0.000000218. The summed E-state index contributed by atoms with van der Waals surface area (Å²) in [7, 11) is 0. The van der Waals surface area contributed by atoms with Gasteiger partial charge < -0.3 is 28.8 Å². The molecule has 7 nitrogen and oxygen atoms in total. The van der Waals surface area contributed by atoms with E-state index in [1.807, 2.05) is 0 Å². The second kappa shape index (κ2) is 16.1. The Morgan fingerprint density at radius 3 is 0.800 bits per heavy atom. The van der Waals surface area contributed by atoms with E-state index in [0.717, 1.165) is 72.1 Å². The van der Waals surface area contributed by atoms with Gasteiger partial charge in [-0.3, -0.25) is 0 Å². The Morgan fingerprint density at radius 1 is 0.700 bits per heavy atom. The highest BCUT2D eigenvalue weighted by Crippen LogP contribution is 1.86. The molecule has 118 valence electrons. The molecule has 5 aliphatic rings. The fourth-order valence-corrected chi connectivity index (χ4v) is 0. The lowest BCUT2D eigenvalue weighted by Gasteiger charge is -1.64. The van der Waals surface area contributed by atoms with E-state index in [0.29, 0.717) is 0 Å². The van der Waals surface area contributed by atoms with Gasteiger partial charge in [-0.05, 0) is 0 Å². The number of epoxide rings is 5. The van der Waals surface area contributed by atoms with Crippen molar-refractivity contribution in [2.75, 3.05) is 66.1 Å². The number of aliphatic carboxylic acids is 1. The van der Waals surface area contributed by atoms with Crippen LogP contribution in [0.3, 0.4) is 0 Å². The smallest absolute Gasteiger partial charge is 0.327 e. The second-order valence-electron chi connectivity index (χ2n) is 3.60. The van der Waals surface area contributed by atoms with Crippen LogP contribution in [0, 0.1) is 0 Å². The van der Waals surface area contributed by atoms with Crippen molar-refractivity contribution < 1.29 is 33.6 Å². The first-order valence-corrected chi connectivity index (χ1v) is 6.51. The van der Waals surface area contributed by atoms with Crippen molar-refractivity contribution in [2.45, 2.75) is 0 Å². The van der Waals surface area contributed by atoms with E-state index in [9.17, 15) is 4.79 Å². The van der Waals surface area contributed by atoms with Crippen molar-refractivity contribution in [1.82, 2.24) is 0 Å². The maximum absolute atomic E-state index is 9.25. The maximum atomic E-state index is 9.25. The minimum atomic E-state index is -0.981. The van der Waals surface area contributed by atoms with E-state index in [-0.39, 0.29) is 0 Å². The molecule has 0 bridgehead atoms. The van der Waals surface area contributed by atoms with Crippen molar-refractivity contribution in [2.24, 2.45) is 0 Å². The third-order valence-electron chi connectivity index (χ3n) is 1.20. The highest BCUT2D eigenvalue weighted by molar-refractivity contribution is 5.78. The van der Waals surface area contributed by atoms with Crippen molar-refractivity contribution in [1.29, 1.82) is 0 Å². The third kappa shape index (κ3) is 121. The molecule has 5 fully saturated rings. The number of carboxylic acids is 1. The molecule has 7 heteroatoms. The molecule has 0 amide bonds. The molecule has 0 aromatic heterocycles. The predicted octanol–water partition coefficient (Wildman–Crippen LogP) is 0.340. The average molecular weight is 292 g/mol. The number of carbonyl (C=O) groups is 1. The van der Waals surface area contributed by atoms with E-state index in [4.69, 9.17) is 5.11 Å². The van der Waals surface area contributed by atoms with E-state index in [2.05, 4.69) is 30.3 Å². The first-order valence-electron chi connectivity index (χ1n) is 6.51. The van der Waals surface area contributed by atoms with Crippen LogP contribution in [0.4, 0.5) is 0 Å². The van der Waals surface area contributed by atoms with Crippen molar-refractivity contribution in [3.8, 4) is 0 Å². The Kier molecular flexibility index (Phi) is 15.3. The monoisotopic (exact) mass is 292 g/mol. The topological polar surface area (TPSA) is 100.0 Å². The standard InChI is InChI=1S/C3H4O2.5C2H4O/c1-2-3(4)5;5*1-2-3-1/h2H,1H2,(H,4,5);5*1-2H2. The normalized spacial score (nSPS) is 19.6. The zero-order valence-corrected chi connectivity index (χ0v) is 11.8. The molecular formula is C13H24O7. The summed E-state index contributed by atoms with van der Waals surface area (Å²) in [5, 5.41) is 7.60. The molecule has 0 saturated carbocycles. The molecule has 0 aromatic rings. The molecule has 0 atom stereocenters. The number of rotatable bonds is 1. The maximum Gasteiger partial charge on any atom is 0.327 e. The van der Waals surface area contributed by atoms with Gasteiger partial charge in [0, 0.05) is 6.08 Å². The zero-order chi connectivity index (χ0) is 14.9. The minimum absolute atomic E-state index is 0.833. The van der Waals surface area contributed by atoms with Gasteiger partial charge in [-0.15, -0.1) is 0 Å². The summed E-state index contributed by atoms with van der Waals surface area (Å²) in [5.74, 6) is -0.981. The molecule has 5 saturated heterocycles. The van der Waals surface area contributed by atoms with Gasteiger partial charge in [0.2, 0.25) is 0 Å². The Bertz CT molecular complexity index is 174.